The second kappa shape index (κ2) is 4.80. The zero-order valence-electron chi connectivity index (χ0n) is 9.88. The van der Waals surface area contributed by atoms with Crippen molar-refractivity contribution >= 4 is 5.91 Å². The number of nitrogens with two attached hydrogens (primary N) is 1. The SMILES string of the molecule is NC1CC(=O)N(Cc2c(F)cccc2C(F)(F)F)C1. The van der Waals surface area contributed by atoms with Crippen molar-refractivity contribution in [2.75, 3.05) is 6.54 Å². The maximum absolute atomic E-state index is 13.6. The lowest BCUT2D eigenvalue weighted by atomic mass is 10.1. The predicted molar refractivity (Wildman–Crippen MR) is 59.4 cm³/mol. The van der Waals surface area contributed by atoms with E-state index >= 15 is 0 Å². The lowest BCUT2D eigenvalue weighted by Gasteiger charge is -2.20. The van der Waals surface area contributed by atoms with Crippen molar-refractivity contribution in [2.24, 2.45) is 5.73 Å². The van der Waals surface area contributed by atoms with Gasteiger partial charge in [-0.2, -0.15) is 13.2 Å². The molecule has 1 aliphatic rings. The number of hydrogen-bond acceptors (Lipinski definition) is 2. The average molecular weight is 276 g/mol. The smallest absolute Gasteiger partial charge is 0.337 e. The summed E-state index contributed by atoms with van der Waals surface area (Å²) in [5.41, 5.74) is 3.98. The second-order valence-electron chi connectivity index (χ2n) is 4.50. The highest BCUT2D eigenvalue weighted by molar-refractivity contribution is 5.79. The Morgan fingerprint density at radius 2 is 2.05 bits per heavy atom. The molecule has 0 radical (unpaired) electrons. The highest BCUT2D eigenvalue weighted by Crippen LogP contribution is 2.34. The molecule has 104 valence electrons. The molecule has 1 aromatic rings. The van der Waals surface area contributed by atoms with Crippen molar-refractivity contribution in [3.8, 4) is 0 Å². The Morgan fingerprint density at radius 1 is 1.37 bits per heavy atom. The first-order chi connectivity index (χ1) is 8.79. The number of hydrogen-bond donors (Lipinski definition) is 1. The van der Waals surface area contributed by atoms with E-state index in [1.165, 1.54) is 0 Å². The van der Waals surface area contributed by atoms with E-state index in [1.54, 1.807) is 0 Å². The van der Waals surface area contributed by atoms with Gasteiger partial charge in [0.2, 0.25) is 5.91 Å². The minimum Gasteiger partial charge on any atom is -0.337 e. The van der Waals surface area contributed by atoms with Gasteiger partial charge in [0.15, 0.2) is 0 Å². The van der Waals surface area contributed by atoms with E-state index in [0.717, 1.165) is 23.1 Å². The molecule has 1 unspecified atom stereocenters. The first-order valence-corrected chi connectivity index (χ1v) is 5.67. The summed E-state index contributed by atoms with van der Waals surface area (Å²) in [5.74, 6) is -1.33. The first-order valence-electron chi connectivity index (χ1n) is 5.67. The molecule has 0 saturated carbocycles. The van der Waals surface area contributed by atoms with E-state index in [1.807, 2.05) is 0 Å². The van der Waals surface area contributed by atoms with E-state index in [2.05, 4.69) is 0 Å². The first kappa shape index (κ1) is 13.8. The van der Waals surface area contributed by atoms with Crippen LogP contribution in [-0.4, -0.2) is 23.4 Å². The molecule has 1 saturated heterocycles. The van der Waals surface area contributed by atoms with E-state index in [0.29, 0.717) is 0 Å². The van der Waals surface area contributed by atoms with Crippen LogP contribution >= 0.6 is 0 Å². The van der Waals surface area contributed by atoms with Gasteiger partial charge in [-0.15, -0.1) is 0 Å². The van der Waals surface area contributed by atoms with Gasteiger partial charge in [-0.05, 0) is 12.1 Å². The largest absolute Gasteiger partial charge is 0.416 e. The van der Waals surface area contributed by atoms with Crippen LogP contribution in [0.3, 0.4) is 0 Å². The number of amides is 1. The number of nitrogens with zero attached hydrogens (tertiary/aromatic N) is 1. The molecule has 0 spiro atoms. The van der Waals surface area contributed by atoms with Crippen LogP contribution in [0.1, 0.15) is 17.5 Å². The Balaban J connectivity index is 2.32. The Morgan fingerprint density at radius 3 is 2.58 bits per heavy atom. The van der Waals surface area contributed by atoms with Crippen molar-refractivity contribution in [3.63, 3.8) is 0 Å². The van der Waals surface area contributed by atoms with Gasteiger partial charge in [0.05, 0.1) is 5.56 Å². The second-order valence-corrected chi connectivity index (χ2v) is 4.50. The maximum Gasteiger partial charge on any atom is 0.416 e. The van der Waals surface area contributed by atoms with Crippen molar-refractivity contribution in [2.45, 2.75) is 25.2 Å². The lowest BCUT2D eigenvalue weighted by Crippen LogP contribution is -2.29. The number of benzene rings is 1. The van der Waals surface area contributed by atoms with E-state index in [-0.39, 0.29) is 18.9 Å². The van der Waals surface area contributed by atoms with E-state index in [9.17, 15) is 22.4 Å². The number of halogens is 4. The number of alkyl halides is 3. The molecule has 2 N–H and O–H groups in total. The van der Waals surface area contributed by atoms with Crippen molar-refractivity contribution in [1.29, 1.82) is 0 Å². The van der Waals surface area contributed by atoms with Crippen LogP contribution in [0.4, 0.5) is 17.6 Å². The van der Waals surface area contributed by atoms with Gasteiger partial charge in [-0.25, -0.2) is 4.39 Å². The van der Waals surface area contributed by atoms with Crippen LogP contribution in [0, 0.1) is 5.82 Å². The molecule has 3 nitrogen and oxygen atoms in total. The molecule has 0 aliphatic carbocycles. The van der Waals surface area contributed by atoms with Gasteiger partial charge < -0.3 is 10.6 Å². The summed E-state index contributed by atoms with van der Waals surface area (Å²) in [4.78, 5) is 12.7. The monoisotopic (exact) mass is 276 g/mol. The third kappa shape index (κ3) is 2.86. The quantitative estimate of drug-likeness (QED) is 0.839. The zero-order chi connectivity index (χ0) is 14.2. The molecule has 7 heteroatoms. The summed E-state index contributed by atoms with van der Waals surface area (Å²) >= 11 is 0. The highest BCUT2D eigenvalue weighted by atomic mass is 19.4. The summed E-state index contributed by atoms with van der Waals surface area (Å²) in [6.07, 6.45) is -4.57. The standard InChI is InChI=1S/C12H12F4N2O/c13-10-3-1-2-9(12(14,15)16)8(10)6-18-5-7(17)4-11(18)19/h1-3,7H,4-6,17H2. The number of likely N-dealkylation sites (tertiary alicyclic amines) is 1. The van der Waals surface area contributed by atoms with E-state index < -0.39 is 35.7 Å². The third-order valence-electron chi connectivity index (χ3n) is 3.02. The van der Waals surface area contributed by atoms with Gasteiger partial charge in [0.25, 0.3) is 0 Å². The van der Waals surface area contributed by atoms with Gasteiger partial charge in [-0.3, -0.25) is 4.79 Å². The molecule has 0 bridgehead atoms. The number of rotatable bonds is 2. The van der Waals surface area contributed by atoms with Crippen LogP contribution < -0.4 is 5.73 Å². The van der Waals surface area contributed by atoms with Crippen molar-refractivity contribution < 1.29 is 22.4 Å². The van der Waals surface area contributed by atoms with Crippen LogP contribution in [0.15, 0.2) is 18.2 Å². The average Bonchev–Trinajstić information content (AvgIpc) is 2.59. The number of carbonyl (C=O) groups is 1. The molecule has 2 rings (SSSR count). The summed E-state index contributed by atoms with van der Waals surface area (Å²) < 4.78 is 51.9. The van der Waals surface area contributed by atoms with Gasteiger partial charge in [0, 0.05) is 31.1 Å². The van der Waals surface area contributed by atoms with Crippen molar-refractivity contribution in [1.82, 2.24) is 4.90 Å². The topological polar surface area (TPSA) is 46.3 Å². The fourth-order valence-electron chi connectivity index (χ4n) is 2.13. The minimum atomic E-state index is -4.65. The summed E-state index contributed by atoms with van der Waals surface area (Å²) in [6.45, 7) is -0.265. The van der Waals surface area contributed by atoms with Crippen LogP contribution in [0.5, 0.6) is 0 Å². The Kier molecular flexibility index (Phi) is 3.49. The Labute approximate surface area is 107 Å². The Hall–Kier alpha value is -1.63. The molecule has 1 amide bonds. The molecule has 0 aromatic heterocycles. The van der Waals surface area contributed by atoms with E-state index in [4.69, 9.17) is 5.73 Å². The van der Waals surface area contributed by atoms with Gasteiger partial charge >= 0.3 is 6.18 Å². The number of carbonyl (C=O) groups excluding carboxylic acids is 1. The molecule has 1 aromatic carbocycles. The molecular weight excluding hydrogens is 264 g/mol. The van der Waals surface area contributed by atoms with Crippen molar-refractivity contribution in [3.05, 3.63) is 35.1 Å². The summed E-state index contributed by atoms with van der Waals surface area (Å²) in [6, 6.07) is 2.34. The third-order valence-corrected chi connectivity index (χ3v) is 3.02. The fourth-order valence-corrected chi connectivity index (χ4v) is 2.13. The molecule has 1 heterocycles. The van der Waals surface area contributed by atoms with Crippen LogP contribution in [0.25, 0.3) is 0 Å². The fraction of sp³-hybridized carbons (Fsp3) is 0.417. The molecular formula is C12H12F4N2O. The minimum absolute atomic E-state index is 0.0792. The Bertz CT molecular complexity index is 501. The zero-order valence-corrected chi connectivity index (χ0v) is 9.88. The summed E-state index contributed by atoms with van der Waals surface area (Å²) in [5, 5.41) is 0. The normalized spacial score (nSPS) is 20.2. The van der Waals surface area contributed by atoms with Crippen LogP contribution in [0.2, 0.25) is 0 Å². The summed E-state index contributed by atoms with van der Waals surface area (Å²) in [7, 11) is 0. The maximum atomic E-state index is 13.6. The van der Waals surface area contributed by atoms with Gasteiger partial charge in [0.1, 0.15) is 5.82 Å². The van der Waals surface area contributed by atoms with Crippen LogP contribution in [-0.2, 0) is 17.5 Å². The molecule has 1 aliphatic heterocycles. The molecule has 1 atom stereocenters. The highest BCUT2D eigenvalue weighted by Gasteiger charge is 2.36. The lowest BCUT2D eigenvalue weighted by molar-refractivity contribution is -0.139. The predicted octanol–water partition coefficient (Wildman–Crippen LogP) is 1.90. The molecule has 1 fully saturated rings. The van der Waals surface area contributed by atoms with Gasteiger partial charge in [-0.1, -0.05) is 6.07 Å². The molecule has 19 heavy (non-hydrogen) atoms.